The Morgan fingerprint density at radius 3 is 2.84 bits per heavy atom. The third-order valence-electron chi connectivity index (χ3n) is 2.98. The van der Waals surface area contributed by atoms with Crippen LogP contribution in [0, 0.1) is 23.7 Å². The highest BCUT2D eigenvalue weighted by Crippen LogP contribution is 2.19. The number of oxazole rings is 1. The van der Waals surface area contributed by atoms with E-state index in [4.69, 9.17) is 9.68 Å². The fourth-order valence-electron chi connectivity index (χ4n) is 2.26. The molecule has 1 heterocycles. The third-order valence-corrected chi connectivity index (χ3v) is 2.98. The van der Waals surface area contributed by atoms with Crippen molar-refractivity contribution in [3.8, 4) is 6.07 Å². The lowest BCUT2D eigenvalue weighted by atomic mass is 9.95. The Balaban J connectivity index is 2.11. The molecule has 0 aliphatic carbocycles. The summed E-state index contributed by atoms with van der Waals surface area (Å²) in [6.07, 6.45) is 0. The highest BCUT2D eigenvalue weighted by atomic mass is 16.3. The molecule has 0 aliphatic rings. The summed E-state index contributed by atoms with van der Waals surface area (Å²) in [6, 6.07) is 8.36. The van der Waals surface area contributed by atoms with Gasteiger partial charge in [0.15, 0.2) is 11.5 Å². The Kier molecular flexibility index (Phi) is 3.59. The molecule has 100 valence electrons. The van der Waals surface area contributed by atoms with Crippen molar-refractivity contribution in [2.24, 2.45) is 5.41 Å². The number of rotatable bonds is 4. The molecule has 0 N–H and O–H groups in total. The van der Waals surface area contributed by atoms with Crippen LogP contribution in [0.5, 0.6) is 0 Å². The first-order valence-corrected chi connectivity index (χ1v) is 6.35. The molecule has 0 atom stereocenters. The van der Waals surface area contributed by atoms with E-state index in [0.29, 0.717) is 5.89 Å². The molecule has 0 saturated carbocycles. The van der Waals surface area contributed by atoms with E-state index in [1.54, 1.807) is 0 Å². The molecule has 1 aromatic carbocycles. The zero-order valence-corrected chi connectivity index (χ0v) is 11.9. The van der Waals surface area contributed by atoms with Gasteiger partial charge in [-0.05, 0) is 38.6 Å². The SMILES string of the molecule is Cc1nc2cc(CN(C)CC(C)(C)C#N)ccc2o1. The number of hydrogen-bond acceptors (Lipinski definition) is 4. The molecule has 2 aromatic rings. The zero-order valence-electron chi connectivity index (χ0n) is 11.9. The molecular formula is C15H19N3O. The van der Waals surface area contributed by atoms with Crippen molar-refractivity contribution in [2.75, 3.05) is 13.6 Å². The van der Waals surface area contributed by atoms with Gasteiger partial charge < -0.3 is 9.32 Å². The summed E-state index contributed by atoms with van der Waals surface area (Å²) in [5, 5.41) is 9.05. The zero-order chi connectivity index (χ0) is 14.0. The van der Waals surface area contributed by atoms with Gasteiger partial charge in [-0.2, -0.15) is 5.26 Å². The van der Waals surface area contributed by atoms with Crippen molar-refractivity contribution >= 4 is 11.1 Å². The molecule has 0 saturated heterocycles. The van der Waals surface area contributed by atoms with Gasteiger partial charge in [0.05, 0.1) is 11.5 Å². The number of hydrogen-bond donors (Lipinski definition) is 0. The van der Waals surface area contributed by atoms with Gasteiger partial charge in [-0.1, -0.05) is 6.07 Å². The Bertz CT molecular complexity index is 622. The summed E-state index contributed by atoms with van der Waals surface area (Å²) in [4.78, 5) is 6.48. The minimum absolute atomic E-state index is 0.330. The first-order valence-electron chi connectivity index (χ1n) is 6.35. The van der Waals surface area contributed by atoms with Crippen LogP contribution in [-0.4, -0.2) is 23.5 Å². The standard InChI is InChI=1S/C15H19N3O/c1-11-17-13-7-12(5-6-14(13)19-11)8-18(4)10-15(2,3)9-16/h5-7H,8,10H2,1-4H3. The molecule has 0 radical (unpaired) electrons. The first kappa shape index (κ1) is 13.6. The molecule has 2 rings (SSSR count). The number of nitriles is 1. The topological polar surface area (TPSA) is 53.1 Å². The van der Waals surface area contributed by atoms with Gasteiger partial charge in [0.2, 0.25) is 0 Å². The summed E-state index contributed by atoms with van der Waals surface area (Å²) in [5.41, 5.74) is 2.56. The van der Waals surface area contributed by atoms with Gasteiger partial charge in [-0.25, -0.2) is 4.98 Å². The average molecular weight is 257 g/mol. The lowest BCUT2D eigenvalue weighted by molar-refractivity contribution is 0.249. The molecule has 0 spiro atoms. The molecule has 19 heavy (non-hydrogen) atoms. The summed E-state index contributed by atoms with van der Waals surface area (Å²) >= 11 is 0. The summed E-state index contributed by atoms with van der Waals surface area (Å²) in [7, 11) is 2.03. The van der Waals surface area contributed by atoms with E-state index in [1.807, 2.05) is 46.0 Å². The van der Waals surface area contributed by atoms with Crippen LogP contribution in [0.15, 0.2) is 22.6 Å². The van der Waals surface area contributed by atoms with Gasteiger partial charge in [0.25, 0.3) is 0 Å². The lowest BCUT2D eigenvalue weighted by Gasteiger charge is -2.24. The first-order chi connectivity index (χ1) is 8.89. The van der Waals surface area contributed by atoms with E-state index >= 15 is 0 Å². The fraction of sp³-hybridized carbons (Fsp3) is 0.467. The quantitative estimate of drug-likeness (QED) is 0.844. The summed E-state index contributed by atoms with van der Waals surface area (Å²) in [6.45, 7) is 7.29. The van der Waals surface area contributed by atoms with Gasteiger partial charge in [-0.3, -0.25) is 0 Å². The number of benzene rings is 1. The van der Waals surface area contributed by atoms with Gasteiger partial charge in [0.1, 0.15) is 5.52 Å². The van der Waals surface area contributed by atoms with Crippen LogP contribution in [0.4, 0.5) is 0 Å². The maximum atomic E-state index is 9.05. The van der Waals surface area contributed by atoms with Crippen molar-refractivity contribution in [3.05, 3.63) is 29.7 Å². The molecule has 0 aliphatic heterocycles. The van der Waals surface area contributed by atoms with E-state index in [2.05, 4.69) is 16.0 Å². The minimum Gasteiger partial charge on any atom is -0.441 e. The van der Waals surface area contributed by atoms with Crippen molar-refractivity contribution in [1.29, 1.82) is 5.26 Å². The van der Waals surface area contributed by atoms with Crippen LogP contribution < -0.4 is 0 Å². The molecule has 4 nitrogen and oxygen atoms in total. The Morgan fingerprint density at radius 2 is 2.16 bits per heavy atom. The van der Waals surface area contributed by atoms with Crippen molar-refractivity contribution < 1.29 is 4.42 Å². The second-order valence-electron chi connectivity index (χ2n) is 5.70. The molecule has 1 aromatic heterocycles. The number of nitrogens with zero attached hydrogens (tertiary/aromatic N) is 3. The van der Waals surface area contributed by atoms with Crippen LogP contribution in [0.2, 0.25) is 0 Å². The van der Waals surface area contributed by atoms with Gasteiger partial charge in [0, 0.05) is 20.0 Å². The molecule has 0 unspecified atom stereocenters. The Labute approximate surface area is 113 Å². The third kappa shape index (κ3) is 3.33. The highest BCUT2D eigenvalue weighted by Gasteiger charge is 2.19. The van der Waals surface area contributed by atoms with E-state index in [9.17, 15) is 0 Å². The largest absolute Gasteiger partial charge is 0.441 e. The number of aromatic nitrogens is 1. The number of fused-ring (bicyclic) bond motifs is 1. The van der Waals surface area contributed by atoms with Crippen molar-refractivity contribution in [1.82, 2.24) is 9.88 Å². The Hall–Kier alpha value is -1.86. The van der Waals surface area contributed by atoms with E-state index in [1.165, 1.54) is 5.56 Å². The minimum atomic E-state index is -0.330. The van der Waals surface area contributed by atoms with Crippen LogP contribution in [0.3, 0.4) is 0 Å². The number of aryl methyl sites for hydroxylation is 1. The van der Waals surface area contributed by atoms with Crippen LogP contribution in [0.25, 0.3) is 11.1 Å². The summed E-state index contributed by atoms with van der Waals surface area (Å²) < 4.78 is 5.46. The van der Waals surface area contributed by atoms with E-state index < -0.39 is 0 Å². The van der Waals surface area contributed by atoms with Crippen LogP contribution in [-0.2, 0) is 6.54 Å². The molecule has 0 bridgehead atoms. The molecular weight excluding hydrogens is 238 g/mol. The normalized spacial score (nSPS) is 12.0. The van der Waals surface area contributed by atoms with E-state index in [-0.39, 0.29) is 5.41 Å². The second-order valence-corrected chi connectivity index (χ2v) is 5.70. The predicted octanol–water partition coefficient (Wildman–Crippen LogP) is 3.12. The molecule has 0 fully saturated rings. The van der Waals surface area contributed by atoms with Gasteiger partial charge in [-0.15, -0.1) is 0 Å². The monoisotopic (exact) mass is 257 g/mol. The Morgan fingerprint density at radius 1 is 1.42 bits per heavy atom. The second kappa shape index (κ2) is 5.02. The van der Waals surface area contributed by atoms with Crippen LogP contribution in [0.1, 0.15) is 25.3 Å². The van der Waals surface area contributed by atoms with Crippen molar-refractivity contribution in [3.63, 3.8) is 0 Å². The molecule has 4 heteroatoms. The summed E-state index contributed by atoms with van der Waals surface area (Å²) in [5.74, 6) is 0.686. The van der Waals surface area contributed by atoms with Gasteiger partial charge >= 0.3 is 0 Å². The smallest absolute Gasteiger partial charge is 0.192 e. The maximum Gasteiger partial charge on any atom is 0.192 e. The maximum absolute atomic E-state index is 9.05. The predicted molar refractivity (Wildman–Crippen MR) is 74.5 cm³/mol. The van der Waals surface area contributed by atoms with Crippen LogP contribution >= 0.6 is 0 Å². The van der Waals surface area contributed by atoms with Crippen molar-refractivity contribution in [2.45, 2.75) is 27.3 Å². The fourth-order valence-corrected chi connectivity index (χ4v) is 2.26. The molecule has 0 amide bonds. The average Bonchev–Trinajstić information content (AvgIpc) is 2.67. The lowest BCUT2D eigenvalue weighted by Crippen LogP contribution is -2.29. The van der Waals surface area contributed by atoms with E-state index in [0.717, 1.165) is 24.2 Å². The highest BCUT2D eigenvalue weighted by molar-refractivity contribution is 5.73.